The number of carbonyl (C=O) groups excluding carboxylic acids is 4. The summed E-state index contributed by atoms with van der Waals surface area (Å²) in [5.74, 6) is -4.69. The average Bonchev–Trinajstić information content (AvgIpc) is 3.19. The third-order valence-corrected chi connectivity index (χ3v) is 9.29. The number of nitrogens with zero attached hydrogens (tertiary/aromatic N) is 2. The smallest absolute Gasteiger partial charge is 0.353 e. The number of amides is 4. The zero-order chi connectivity index (χ0) is 28.6. The largest absolute Gasteiger partial charge is 0.480 e. The summed E-state index contributed by atoms with van der Waals surface area (Å²) in [5, 5.41) is 21.6. The normalized spacial score (nSPS) is 20.6. The van der Waals surface area contributed by atoms with Gasteiger partial charge in [-0.1, -0.05) is 42.1 Å². The minimum absolute atomic E-state index is 0.0385. The highest BCUT2D eigenvalue weighted by molar-refractivity contribution is 8.06. The summed E-state index contributed by atoms with van der Waals surface area (Å²) in [6, 6.07) is 12.9. The number of carbonyl (C=O) groups is 6. The number of carboxylic acids is 2. The van der Waals surface area contributed by atoms with Crippen molar-refractivity contribution in [2.75, 3.05) is 5.75 Å². The Labute approximate surface area is 236 Å². The fraction of sp³-hybridized carbons (Fsp3) is 0.259. The van der Waals surface area contributed by atoms with Gasteiger partial charge in [-0.3, -0.25) is 29.0 Å². The van der Waals surface area contributed by atoms with E-state index >= 15 is 0 Å². The number of imide groups is 1. The summed E-state index contributed by atoms with van der Waals surface area (Å²) in [6.07, 6.45) is -0.259. The predicted molar refractivity (Wildman–Crippen MR) is 144 cm³/mol. The van der Waals surface area contributed by atoms with Crippen LogP contribution < -0.4 is 5.32 Å². The molecule has 0 saturated carbocycles. The van der Waals surface area contributed by atoms with Crippen molar-refractivity contribution in [2.24, 2.45) is 0 Å². The van der Waals surface area contributed by atoms with Gasteiger partial charge in [0.25, 0.3) is 17.7 Å². The van der Waals surface area contributed by atoms with Crippen LogP contribution in [0.1, 0.15) is 40.0 Å². The molecule has 206 valence electrons. The van der Waals surface area contributed by atoms with Crippen LogP contribution in [0.25, 0.3) is 0 Å². The van der Waals surface area contributed by atoms with E-state index in [1.807, 2.05) is 30.3 Å². The number of fused-ring (bicyclic) bond motifs is 2. The number of hydrogen-bond acceptors (Lipinski definition) is 8. The Morgan fingerprint density at radius 1 is 0.975 bits per heavy atom. The highest BCUT2D eigenvalue weighted by Gasteiger charge is 2.54. The van der Waals surface area contributed by atoms with E-state index in [0.29, 0.717) is 15.6 Å². The fourth-order valence-electron chi connectivity index (χ4n) is 4.86. The monoisotopic (exact) mass is 581 g/mol. The SMILES string of the molecule is O=C(CCCC(C(=O)O)N1C(=O)c2ccccc2C1=O)N[C@H]1C(=O)N2C(C(=O)O)=C(Sc3ccccc3)CS[C@@H]12. The zero-order valence-electron chi connectivity index (χ0n) is 20.8. The van der Waals surface area contributed by atoms with Crippen LogP contribution in [0.2, 0.25) is 0 Å². The van der Waals surface area contributed by atoms with Gasteiger partial charge in [0, 0.05) is 22.0 Å². The van der Waals surface area contributed by atoms with Crippen LogP contribution in [0, 0.1) is 0 Å². The number of benzene rings is 2. The number of thioether (sulfide) groups is 2. The van der Waals surface area contributed by atoms with Gasteiger partial charge in [-0.05, 0) is 37.1 Å². The summed E-state index contributed by atoms with van der Waals surface area (Å²) >= 11 is 2.63. The molecular formula is C27H23N3O8S2. The number of carboxylic acid groups (broad SMARTS) is 2. The molecule has 4 amide bonds. The molecule has 0 radical (unpaired) electrons. The molecule has 0 aliphatic carbocycles. The Kier molecular flexibility index (Phi) is 7.68. The van der Waals surface area contributed by atoms with E-state index in [1.165, 1.54) is 40.6 Å². The third-order valence-electron chi connectivity index (χ3n) is 6.74. The van der Waals surface area contributed by atoms with Crippen LogP contribution in [0.5, 0.6) is 0 Å². The van der Waals surface area contributed by atoms with Crippen molar-refractivity contribution in [2.45, 2.75) is 41.6 Å². The third kappa shape index (κ3) is 4.97. The maximum atomic E-state index is 12.9. The van der Waals surface area contributed by atoms with Crippen LogP contribution in [0.15, 0.2) is 70.1 Å². The van der Waals surface area contributed by atoms with Crippen molar-refractivity contribution in [1.82, 2.24) is 15.1 Å². The lowest BCUT2D eigenvalue weighted by Gasteiger charge is -2.49. The molecule has 2 aromatic rings. The molecule has 3 heterocycles. The van der Waals surface area contributed by atoms with Crippen molar-refractivity contribution in [3.63, 3.8) is 0 Å². The Hall–Kier alpha value is -4.10. The first kappa shape index (κ1) is 27.5. The first-order valence-corrected chi connectivity index (χ1v) is 14.2. The van der Waals surface area contributed by atoms with E-state index in [1.54, 1.807) is 12.1 Å². The van der Waals surface area contributed by atoms with Crippen molar-refractivity contribution in [1.29, 1.82) is 0 Å². The second-order valence-corrected chi connectivity index (χ2v) is 11.5. The van der Waals surface area contributed by atoms with Gasteiger partial charge in [0.2, 0.25) is 5.91 Å². The Morgan fingerprint density at radius 2 is 1.60 bits per heavy atom. The van der Waals surface area contributed by atoms with Crippen molar-refractivity contribution < 1.29 is 39.0 Å². The second-order valence-electron chi connectivity index (χ2n) is 9.22. The molecule has 3 atom stereocenters. The first-order chi connectivity index (χ1) is 19.2. The van der Waals surface area contributed by atoms with Gasteiger partial charge in [0.05, 0.1) is 11.1 Å². The van der Waals surface area contributed by atoms with Gasteiger partial charge < -0.3 is 15.5 Å². The van der Waals surface area contributed by atoms with Crippen LogP contribution in [-0.2, 0) is 19.2 Å². The molecule has 3 aliphatic heterocycles. The van der Waals surface area contributed by atoms with E-state index in [9.17, 15) is 39.0 Å². The number of aliphatic carboxylic acids is 2. The first-order valence-electron chi connectivity index (χ1n) is 12.3. The van der Waals surface area contributed by atoms with Gasteiger partial charge in [0.15, 0.2) is 0 Å². The van der Waals surface area contributed by atoms with Crippen LogP contribution in [-0.4, -0.2) is 78.8 Å². The molecule has 40 heavy (non-hydrogen) atoms. The maximum absolute atomic E-state index is 12.9. The van der Waals surface area contributed by atoms with Gasteiger partial charge in [-0.15, -0.1) is 11.8 Å². The molecule has 2 aromatic carbocycles. The van der Waals surface area contributed by atoms with E-state index in [2.05, 4.69) is 5.32 Å². The van der Waals surface area contributed by atoms with E-state index in [0.717, 1.165) is 4.90 Å². The molecule has 0 bridgehead atoms. The molecule has 0 aromatic heterocycles. The van der Waals surface area contributed by atoms with Crippen LogP contribution in [0.4, 0.5) is 0 Å². The van der Waals surface area contributed by atoms with Crippen LogP contribution >= 0.6 is 23.5 Å². The van der Waals surface area contributed by atoms with Gasteiger partial charge in [-0.25, -0.2) is 9.59 Å². The summed E-state index contributed by atoms with van der Waals surface area (Å²) in [6.45, 7) is 0. The standard InChI is InChI=1S/C27H23N3O8S2/c31-19(12-6-11-17(26(35)36)29-22(32)15-9-4-5-10-16(15)23(29)33)28-20-24(34)30-21(27(37)38)18(13-39-25(20)30)40-14-7-2-1-3-8-14/h1-5,7-10,17,20,25H,6,11-13H2,(H,28,31)(H,35,36)(H,37,38)/t17?,20-,25-/m0/s1. The minimum atomic E-state index is -1.45. The Bertz CT molecular complexity index is 1430. The number of nitrogens with one attached hydrogen (secondary N) is 1. The Morgan fingerprint density at radius 3 is 2.20 bits per heavy atom. The zero-order valence-corrected chi connectivity index (χ0v) is 22.4. The number of rotatable bonds is 10. The minimum Gasteiger partial charge on any atom is -0.480 e. The lowest BCUT2D eigenvalue weighted by molar-refractivity contribution is -0.150. The van der Waals surface area contributed by atoms with Gasteiger partial charge in [-0.2, -0.15) is 0 Å². The van der Waals surface area contributed by atoms with Crippen molar-refractivity contribution in [3.8, 4) is 0 Å². The van der Waals surface area contributed by atoms with E-state index in [4.69, 9.17) is 0 Å². The summed E-state index contributed by atoms with van der Waals surface area (Å²) in [7, 11) is 0. The number of hydrogen-bond donors (Lipinski definition) is 3. The molecule has 0 spiro atoms. The van der Waals surface area contributed by atoms with Crippen molar-refractivity contribution >= 4 is 59.1 Å². The van der Waals surface area contributed by atoms with Crippen LogP contribution in [0.3, 0.4) is 0 Å². The molecule has 1 saturated heterocycles. The molecule has 11 nitrogen and oxygen atoms in total. The van der Waals surface area contributed by atoms with Gasteiger partial charge in [0.1, 0.15) is 23.2 Å². The topological polar surface area (TPSA) is 161 Å². The number of β-lactam (4-membered cyclic amide) rings is 1. The van der Waals surface area contributed by atoms with E-state index < -0.39 is 53.0 Å². The molecule has 1 fully saturated rings. The highest BCUT2D eigenvalue weighted by atomic mass is 32.2. The fourth-order valence-corrected chi connectivity index (χ4v) is 7.35. The van der Waals surface area contributed by atoms with Crippen molar-refractivity contribution in [3.05, 3.63) is 76.3 Å². The maximum Gasteiger partial charge on any atom is 0.353 e. The Balaban J connectivity index is 1.18. The lowest BCUT2D eigenvalue weighted by Crippen LogP contribution is -2.70. The predicted octanol–water partition coefficient (Wildman–Crippen LogP) is 2.39. The molecule has 3 N–H and O–H groups in total. The summed E-state index contributed by atoms with van der Waals surface area (Å²) in [5.41, 5.74) is 0.169. The van der Waals surface area contributed by atoms with E-state index in [-0.39, 0.29) is 36.1 Å². The second kappa shape index (κ2) is 11.2. The summed E-state index contributed by atoms with van der Waals surface area (Å²) in [4.78, 5) is 78.1. The summed E-state index contributed by atoms with van der Waals surface area (Å²) < 4.78 is 0. The molecular weight excluding hydrogens is 558 g/mol. The lowest BCUT2D eigenvalue weighted by atomic mass is 10.0. The molecule has 13 heteroatoms. The highest BCUT2D eigenvalue weighted by Crippen LogP contribution is 2.45. The average molecular weight is 582 g/mol. The van der Waals surface area contributed by atoms with Gasteiger partial charge >= 0.3 is 11.9 Å². The quantitative estimate of drug-likeness (QED) is 0.281. The molecule has 3 aliphatic rings. The molecule has 5 rings (SSSR count). The molecule has 1 unspecified atom stereocenters.